The summed E-state index contributed by atoms with van der Waals surface area (Å²) in [6, 6.07) is 9.79. The van der Waals surface area contributed by atoms with Gasteiger partial charge in [0, 0.05) is 6.04 Å². The summed E-state index contributed by atoms with van der Waals surface area (Å²) < 4.78 is 0. The predicted octanol–water partition coefficient (Wildman–Crippen LogP) is 2.52. The zero-order valence-corrected chi connectivity index (χ0v) is 11.5. The van der Waals surface area contributed by atoms with E-state index >= 15 is 0 Å². The lowest BCUT2D eigenvalue weighted by Crippen LogP contribution is -2.28. The Balaban J connectivity index is 1.56. The van der Waals surface area contributed by atoms with E-state index < -0.39 is 0 Å². The topological polar surface area (TPSA) is 24.1 Å². The van der Waals surface area contributed by atoms with Gasteiger partial charge in [0.25, 0.3) is 0 Å². The molecule has 1 aliphatic rings. The first-order valence-corrected chi connectivity index (χ1v) is 7.40. The highest BCUT2D eigenvalue weighted by molar-refractivity contribution is 5.22. The molecule has 0 spiro atoms. The number of hydrogen-bond acceptors (Lipinski definition) is 2. The van der Waals surface area contributed by atoms with Crippen LogP contribution in [0.25, 0.3) is 0 Å². The van der Waals surface area contributed by atoms with Crippen LogP contribution in [-0.4, -0.2) is 25.7 Å². The van der Waals surface area contributed by atoms with Gasteiger partial charge in [-0.05, 0) is 62.9 Å². The number of benzene rings is 1. The molecule has 1 aromatic rings. The van der Waals surface area contributed by atoms with E-state index in [-0.39, 0.29) is 0 Å². The van der Waals surface area contributed by atoms with Gasteiger partial charge in [-0.15, -0.1) is 0 Å². The molecule has 2 nitrogen and oxygen atoms in total. The van der Waals surface area contributed by atoms with Crippen LogP contribution in [0.2, 0.25) is 0 Å². The second-order valence-corrected chi connectivity index (χ2v) is 5.25. The SMILES string of the molecule is CCc1ccc(CCNCCC2CCCN2)cc1. The highest BCUT2D eigenvalue weighted by Crippen LogP contribution is 2.08. The van der Waals surface area contributed by atoms with Crippen LogP contribution in [-0.2, 0) is 12.8 Å². The average molecular weight is 246 g/mol. The highest BCUT2D eigenvalue weighted by Gasteiger charge is 2.12. The molecule has 0 radical (unpaired) electrons. The molecule has 1 atom stereocenters. The monoisotopic (exact) mass is 246 g/mol. The normalized spacial score (nSPS) is 19.3. The van der Waals surface area contributed by atoms with Crippen molar-refractivity contribution >= 4 is 0 Å². The Morgan fingerprint density at radius 3 is 2.61 bits per heavy atom. The zero-order valence-electron chi connectivity index (χ0n) is 11.5. The largest absolute Gasteiger partial charge is 0.316 e. The highest BCUT2D eigenvalue weighted by atomic mass is 14.9. The van der Waals surface area contributed by atoms with Crippen LogP contribution in [0.5, 0.6) is 0 Å². The predicted molar refractivity (Wildman–Crippen MR) is 78.0 cm³/mol. The first kappa shape index (κ1) is 13.6. The molecule has 0 aliphatic carbocycles. The van der Waals surface area contributed by atoms with Crippen molar-refractivity contribution < 1.29 is 0 Å². The van der Waals surface area contributed by atoms with Crippen LogP contribution in [0, 0.1) is 0 Å². The number of hydrogen-bond donors (Lipinski definition) is 2. The molecule has 1 unspecified atom stereocenters. The van der Waals surface area contributed by atoms with Crippen LogP contribution >= 0.6 is 0 Å². The lowest BCUT2D eigenvalue weighted by atomic mass is 10.1. The van der Waals surface area contributed by atoms with Gasteiger partial charge in [-0.2, -0.15) is 0 Å². The second-order valence-electron chi connectivity index (χ2n) is 5.25. The molecule has 1 aliphatic heterocycles. The summed E-state index contributed by atoms with van der Waals surface area (Å²) in [5, 5.41) is 7.09. The molecule has 1 saturated heterocycles. The van der Waals surface area contributed by atoms with Gasteiger partial charge in [-0.1, -0.05) is 31.2 Å². The van der Waals surface area contributed by atoms with Crippen molar-refractivity contribution in [3.8, 4) is 0 Å². The lowest BCUT2D eigenvalue weighted by Gasteiger charge is -2.10. The molecule has 0 aromatic heterocycles. The maximum atomic E-state index is 3.55. The van der Waals surface area contributed by atoms with E-state index in [4.69, 9.17) is 0 Å². The van der Waals surface area contributed by atoms with Gasteiger partial charge < -0.3 is 10.6 Å². The minimum Gasteiger partial charge on any atom is -0.316 e. The van der Waals surface area contributed by atoms with E-state index in [1.54, 1.807) is 0 Å². The summed E-state index contributed by atoms with van der Waals surface area (Å²) in [6.45, 7) is 5.66. The minimum atomic E-state index is 0.765. The first-order chi connectivity index (χ1) is 8.88. The summed E-state index contributed by atoms with van der Waals surface area (Å²) in [7, 11) is 0. The third-order valence-electron chi connectivity index (χ3n) is 3.85. The van der Waals surface area contributed by atoms with Crippen molar-refractivity contribution in [3.63, 3.8) is 0 Å². The van der Waals surface area contributed by atoms with Crippen LogP contribution in [0.4, 0.5) is 0 Å². The molecule has 18 heavy (non-hydrogen) atoms. The van der Waals surface area contributed by atoms with Crippen molar-refractivity contribution in [1.82, 2.24) is 10.6 Å². The Labute approximate surface area is 111 Å². The van der Waals surface area contributed by atoms with E-state index in [9.17, 15) is 0 Å². The molecular weight excluding hydrogens is 220 g/mol. The number of rotatable bonds is 7. The van der Waals surface area contributed by atoms with E-state index in [2.05, 4.69) is 41.8 Å². The minimum absolute atomic E-state index is 0.765. The van der Waals surface area contributed by atoms with Gasteiger partial charge in [0.1, 0.15) is 0 Å². The standard InChI is InChI=1S/C16H26N2/c1-2-14-5-7-15(8-6-14)9-12-17-13-10-16-4-3-11-18-16/h5-8,16-18H,2-4,9-13H2,1H3. The molecule has 100 valence electrons. The van der Waals surface area contributed by atoms with Gasteiger partial charge in [-0.3, -0.25) is 0 Å². The summed E-state index contributed by atoms with van der Waals surface area (Å²) in [5.41, 5.74) is 2.87. The van der Waals surface area contributed by atoms with Crippen molar-refractivity contribution in [2.24, 2.45) is 0 Å². The molecule has 2 rings (SSSR count). The van der Waals surface area contributed by atoms with Crippen LogP contribution in [0.1, 0.15) is 37.3 Å². The Bertz CT molecular complexity index is 325. The Morgan fingerprint density at radius 1 is 1.17 bits per heavy atom. The number of nitrogens with one attached hydrogen (secondary N) is 2. The third kappa shape index (κ3) is 4.43. The van der Waals surface area contributed by atoms with Crippen LogP contribution < -0.4 is 10.6 Å². The summed E-state index contributed by atoms with van der Waals surface area (Å²) in [4.78, 5) is 0. The van der Waals surface area contributed by atoms with Crippen molar-refractivity contribution in [3.05, 3.63) is 35.4 Å². The summed E-state index contributed by atoms with van der Waals surface area (Å²) in [6.07, 6.45) is 6.26. The molecule has 0 amide bonds. The quantitative estimate of drug-likeness (QED) is 0.722. The summed E-state index contributed by atoms with van der Waals surface area (Å²) in [5.74, 6) is 0. The molecule has 0 saturated carbocycles. The molecule has 1 fully saturated rings. The molecule has 2 N–H and O–H groups in total. The van der Waals surface area contributed by atoms with Crippen molar-refractivity contribution in [1.29, 1.82) is 0 Å². The summed E-state index contributed by atoms with van der Waals surface area (Å²) >= 11 is 0. The maximum absolute atomic E-state index is 3.55. The van der Waals surface area contributed by atoms with E-state index in [1.165, 1.54) is 36.9 Å². The van der Waals surface area contributed by atoms with Crippen molar-refractivity contribution in [2.75, 3.05) is 19.6 Å². The lowest BCUT2D eigenvalue weighted by molar-refractivity contribution is 0.525. The Hall–Kier alpha value is -0.860. The first-order valence-electron chi connectivity index (χ1n) is 7.40. The zero-order chi connectivity index (χ0) is 12.6. The van der Waals surface area contributed by atoms with Crippen molar-refractivity contribution in [2.45, 2.75) is 45.1 Å². The molecule has 2 heteroatoms. The Kier molecular flexibility index (Phi) is 5.69. The fraction of sp³-hybridized carbons (Fsp3) is 0.625. The third-order valence-corrected chi connectivity index (χ3v) is 3.85. The van der Waals surface area contributed by atoms with Crippen LogP contribution in [0.3, 0.4) is 0 Å². The fourth-order valence-electron chi connectivity index (χ4n) is 2.58. The van der Waals surface area contributed by atoms with Gasteiger partial charge in [0.2, 0.25) is 0 Å². The van der Waals surface area contributed by atoms with Gasteiger partial charge in [0.05, 0.1) is 0 Å². The van der Waals surface area contributed by atoms with E-state index in [0.29, 0.717) is 0 Å². The molecular formula is C16H26N2. The maximum Gasteiger partial charge on any atom is 0.00796 e. The fourth-order valence-corrected chi connectivity index (χ4v) is 2.58. The molecule has 1 aromatic carbocycles. The van der Waals surface area contributed by atoms with Gasteiger partial charge >= 0.3 is 0 Å². The van der Waals surface area contributed by atoms with Crippen LogP contribution in [0.15, 0.2) is 24.3 Å². The smallest absolute Gasteiger partial charge is 0.00796 e. The second kappa shape index (κ2) is 7.55. The van der Waals surface area contributed by atoms with Gasteiger partial charge in [-0.25, -0.2) is 0 Å². The van der Waals surface area contributed by atoms with E-state index in [0.717, 1.165) is 32.0 Å². The molecule has 0 bridgehead atoms. The molecule has 1 heterocycles. The van der Waals surface area contributed by atoms with Gasteiger partial charge in [0.15, 0.2) is 0 Å². The number of aryl methyl sites for hydroxylation is 1. The average Bonchev–Trinajstić information content (AvgIpc) is 2.92. The Morgan fingerprint density at radius 2 is 1.94 bits per heavy atom. The van der Waals surface area contributed by atoms with E-state index in [1.807, 2.05) is 0 Å².